The van der Waals surface area contributed by atoms with E-state index in [1.165, 1.54) is 0 Å². The molecular weight excluding hydrogens is 200 g/mol. The second-order valence-corrected chi connectivity index (χ2v) is 6.28. The van der Waals surface area contributed by atoms with E-state index in [0.717, 1.165) is 12.1 Å². The Labute approximate surface area is 97.5 Å². The molecule has 0 heterocycles. The second-order valence-electron chi connectivity index (χ2n) is 6.28. The SMILES string of the molecule is CC1(C)CC(=O)C(C#N)=C(NC(C)(C)C)C1. The van der Waals surface area contributed by atoms with Gasteiger partial charge in [-0.3, -0.25) is 4.79 Å². The predicted octanol–water partition coefficient (Wildman–Crippen LogP) is 2.54. The predicted molar refractivity (Wildman–Crippen MR) is 63.5 cm³/mol. The largest absolute Gasteiger partial charge is 0.383 e. The molecule has 0 bridgehead atoms. The Morgan fingerprint density at radius 2 is 1.88 bits per heavy atom. The summed E-state index contributed by atoms with van der Waals surface area (Å²) in [5.74, 6) is -0.0366. The molecule has 0 saturated heterocycles. The van der Waals surface area contributed by atoms with Gasteiger partial charge in [-0.1, -0.05) is 13.8 Å². The van der Waals surface area contributed by atoms with Crippen LogP contribution in [0.2, 0.25) is 0 Å². The van der Waals surface area contributed by atoms with E-state index in [1.807, 2.05) is 26.8 Å². The van der Waals surface area contributed by atoms with E-state index in [1.54, 1.807) is 0 Å². The van der Waals surface area contributed by atoms with Crippen LogP contribution in [-0.4, -0.2) is 11.3 Å². The fourth-order valence-electron chi connectivity index (χ4n) is 2.01. The summed E-state index contributed by atoms with van der Waals surface area (Å²) in [6.45, 7) is 10.2. The molecule has 1 N–H and O–H groups in total. The van der Waals surface area contributed by atoms with E-state index in [-0.39, 0.29) is 16.7 Å². The first-order chi connectivity index (χ1) is 7.14. The molecule has 0 saturated carbocycles. The first kappa shape index (κ1) is 12.8. The number of nitrogens with zero attached hydrogens (tertiary/aromatic N) is 1. The van der Waals surface area contributed by atoms with Crippen LogP contribution in [0.25, 0.3) is 0 Å². The van der Waals surface area contributed by atoms with E-state index >= 15 is 0 Å². The smallest absolute Gasteiger partial charge is 0.175 e. The lowest BCUT2D eigenvalue weighted by Gasteiger charge is -2.34. The molecule has 0 amide bonds. The van der Waals surface area contributed by atoms with Crippen molar-refractivity contribution in [3.05, 3.63) is 11.3 Å². The summed E-state index contributed by atoms with van der Waals surface area (Å²) in [6.07, 6.45) is 1.23. The van der Waals surface area contributed by atoms with E-state index in [2.05, 4.69) is 19.2 Å². The number of carbonyl (C=O) groups is 1. The molecule has 16 heavy (non-hydrogen) atoms. The van der Waals surface area contributed by atoms with Gasteiger partial charge in [-0.05, 0) is 32.6 Å². The fraction of sp³-hybridized carbons (Fsp3) is 0.692. The van der Waals surface area contributed by atoms with Gasteiger partial charge in [0, 0.05) is 17.7 Å². The minimum absolute atomic E-state index is 0.0366. The van der Waals surface area contributed by atoms with Gasteiger partial charge in [0.15, 0.2) is 5.78 Å². The zero-order chi connectivity index (χ0) is 12.6. The quantitative estimate of drug-likeness (QED) is 0.738. The zero-order valence-electron chi connectivity index (χ0n) is 10.8. The normalized spacial score (nSPS) is 20.6. The molecule has 0 aromatic heterocycles. The van der Waals surface area contributed by atoms with Gasteiger partial charge >= 0.3 is 0 Å². The molecule has 3 nitrogen and oxygen atoms in total. The molecule has 3 heteroatoms. The van der Waals surface area contributed by atoms with Gasteiger partial charge in [-0.25, -0.2) is 0 Å². The number of hydrogen-bond acceptors (Lipinski definition) is 3. The van der Waals surface area contributed by atoms with Crippen LogP contribution >= 0.6 is 0 Å². The van der Waals surface area contributed by atoms with Crippen molar-refractivity contribution in [3.8, 4) is 6.07 Å². The summed E-state index contributed by atoms with van der Waals surface area (Å²) in [6, 6.07) is 2.03. The number of Topliss-reactive ketones (excluding diaryl/α,β-unsaturated/α-hetero) is 1. The highest BCUT2D eigenvalue weighted by Gasteiger charge is 2.34. The number of ketones is 1. The van der Waals surface area contributed by atoms with Crippen molar-refractivity contribution in [2.45, 2.75) is 53.0 Å². The Morgan fingerprint density at radius 1 is 1.31 bits per heavy atom. The van der Waals surface area contributed by atoms with Gasteiger partial charge in [-0.15, -0.1) is 0 Å². The topological polar surface area (TPSA) is 52.9 Å². The minimum atomic E-state index is -0.120. The van der Waals surface area contributed by atoms with E-state index in [0.29, 0.717) is 12.0 Å². The van der Waals surface area contributed by atoms with Gasteiger partial charge in [0.25, 0.3) is 0 Å². The Morgan fingerprint density at radius 3 is 2.31 bits per heavy atom. The summed E-state index contributed by atoms with van der Waals surface area (Å²) >= 11 is 0. The van der Waals surface area contributed by atoms with Gasteiger partial charge in [0.05, 0.1) is 0 Å². The van der Waals surface area contributed by atoms with Crippen LogP contribution in [0.5, 0.6) is 0 Å². The maximum absolute atomic E-state index is 11.8. The number of allylic oxidation sites excluding steroid dienone is 2. The standard InChI is InChI=1S/C13H20N2O/c1-12(2,3)15-10-6-13(4,5)7-11(16)9(10)8-14/h15H,6-7H2,1-5H3. The summed E-state index contributed by atoms with van der Waals surface area (Å²) in [7, 11) is 0. The van der Waals surface area contributed by atoms with Crippen LogP contribution in [0, 0.1) is 16.7 Å². The molecule has 1 rings (SSSR count). The molecule has 0 fully saturated rings. The molecule has 1 aliphatic rings. The lowest BCUT2D eigenvalue weighted by atomic mass is 9.75. The first-order valence-electron chi connectivity index (χ1n) is 5.59. The molecule has 0 spiro atoms. The monoisotopic (exact) mass is 220 g/mol. The molecule has 88 valence electrons. The summed E-state index contributed by atoms with van der Waals surface area (Å²) in [4.78, 5) is 11.8. The number of carbonyl (C=O) groups excluding carboxylic acids is 1. The molecule has 0 radical (unpaired) electrons. The highest BCUT2D eigenvalue weighted by molar-refractivity contribution is 6.01. The van der Waals surface area contributed by atoms with Gasteiger partial charge in [-0.2, -0.15) is 5.26 Å². The summed E-state index contributed by atoms with van der Waals surface area (Å²) in [5.41, 5.74) is 0.946. The molecule has 0 aromatic carbocycles. The third kappa shape index (κ3) is 3.10. The third-order valence-electron chi connectivity index (χ3n) is 2.51. The number of rotatable bonds is 1. The number of nitriles is 1. The van der Waals surface area contributed by atoms with Gasteiger partial charge < -0.3 is 5.32 Å². The van der Waals surface area contributed by atoms with Crippen molar-refractivity contribution in [2.24, 2.45) is 5.41 Å². The molecule has 0 aliphatic heterocycles. The lowest BCUT2D eigenvalue weighted by molar-refractivity contribution is -0.117. The van der Waals surface area contributed by atoms with Crippen molar-refractivity contribution in [2.75, 3.05) is 0 Å². The van der Waals surface area contributed by atoms with Crippen molar-refractivity contribution in [1.29, 1.82) is 5.26 Å². The molecular formula is C13H20N2O. The highest BCUT2D eigenvalue weighted by Crippen LogP contribution is 2.36. The molecule has 0 aromatic rings. The van der Waals surface area contributed by atoms with E-state index in [9.17, 15) is 4.79 Å². The summed E-state index contributed by atoms with van der Waals surface area (Å²) in [5, 5.41) is 12.3. The molecule has 0 unspecified atom stereocenters. The van der Waals surface area contributed by atoms with Crippen molar-refractivity contribution in [1.82, 2.24) is 5.32 Å². The van der Waals surface area contributed by atoms with Gasteiger partial charge in [0.2, 0.25) is 0 Å². The van der Waals surface area contributed by atoms with Crippen LogP contribution in [0.15, 0.2) is 11.3 Å². The van der Waals surface area contributed by atoms with E-state index < -0.39 is 0 Å². The Balaban J connectivity index is 3.09. The zero-order valence-corrected chi connectivity index (χ0v) is 10.8. The molecule has 1 aliphatic carbocycles. The van der Waals surface area contributed by atoms with Gasteiger partial charge in [0.1, 0.15) is 11.6 Å². The Kier molecular flexibility index (Phi) is 3.14. The average Bonchev–Trinajstić information content (AvgIpc) is 1.97. The van der Waals surface area contributed by atoms with Crippen molar-refractivity contribution >= 4 is 5.78 Å². The van der Waals surface area contributed by atoms with E-state index in [4.69, 9.17) is 5.26 Å². The van der Waals surface area contributed by atoms with Crippen LogP contribution in [0.4, 0.5) is 0 Å². The van der Waals surface area contributed by atoms with Crippen molar-refractivity contribution in [3.63, 3.8) is 0 Å². The molecule has 0 atom stereocenters. The van der Waals surface area contributed by atoms with Crippen LogP contribution in [0.1, 0.15) is 47.5 Å². The lowest BCUT2D eigenvalue weighted by Crippen LogP contribution is -2.40. The third-order valence-corrected chi connectivity index (χ3v) is 2.51. The Hall–Kier alpha value is -1.30. The van der Waals surface area contributed by atoms with Crippen molar-refractivity contribution < 1.29 is 4.79 Å². The number of nitrogens with one attached hydrogen (secondary N) is 1. The summed E-state index contributed by atoms with van der Waals surface area (Å²) < 4.78 is 0. The van der Waals surface area contributed by atoms with Crippen LogP contribution < -0.4 is 5.32 Å². The fourth-order valence-corrected chi connectivity index (χ4v) is 2.01. The number of hydrogen-bond donors (Lipinski definition) is 1. The maximum atomic E-state index is 11.8. The first-order valence-corrected chi connectivity index (χ1v) is 5.59. The maximum Gasteiger partial charge on any atom is 0.175 e. The average molecular weight is 220 g/mol. The second kappa shape index (κ2) is 3.93. The minimum Gasteiger partial charge on any atom is -0.383 e. The Bertz CT molecular complexity index is 378. The van der Waals surface area contributed by atoms with Crippen LogP contribution in [0.3, 0.4) is 0 Å². The highest BCUT2D eigenvalue weighted by atomic mass is 16.1. The van der Waals surface area contributed by atoms with Crippen LogP contribution in [-0.2, 0) is 4.79 Å².